The molecule has 2 aromatic rings. The molecule has 0 bridgehead atoms. The zero-order chi connectivity index (χ0) is 14.0. The van der Waals surface area contributed by atoms with Gasteiger partial charge in [-0.1, -0.05) is 23.7 Å². The first kappa shape index (κ1) is 13.3. The number of ether oxygens (including phenoxy) is 1. The van der Waals surface area contributed by atoms with E-state index in [1.807, 2.05) is 6.92 Å². The Hall–Kier alpha value is -2.14. The van der Waals surface area contributed by atoms with Gasteiger partial charge in [0.1, 0.15) is 5.75 Å². The predicted molar refractivity (Wildman–Crippen MR) is 69.3 cm³/mol. The summed E-state index contributed by atoms with van der Waals surface area (Å²) < 4.78 is 18.7. The SMILES string of the molecule is Cc1ccc(Oc2cccc(F)c2[N+](=O)[O-])c(Cl)c1. The average molecular weight is 282 g/mol. The van der Waals surface area contributed by atoms with Gasteiger partial charge in [-0.05, 0) is 36.8 Å². The summed E-state index contributed by atoms with van der Waals surface area (Å²) in [5.74, 6) is -0.901. The number of nitrogens with zero attached hydrogens (tertiary/aromatic N) is 1. The Balaban J connectivity index is 2.44. The molecule has 0 amide bonds. The van der Waals surface area contributed by atoms with Crippen molar-refractivity contribution in [3.8, 4) is 11.5 Å². The Morgan fingerprint density at radius 2 is 2.00 bits per heavy atom. The third-order valence-corrected chi connectivity index (χ3v) is 2.74. The summed E-state index contributed by atoms with van der Waals surface area (Å²) in [6.07, 6.45) is 0. The van der Waals surface area contributed by atoms with E-state index in [-0.39, 0.29) is 11.5 Å². The molecule has 0 fully saturated rings. The second-order valence-corrected chi connectivity index (χ2v) is 4.29. The maximum atomic E-state index is 13.4. The first-order valence-electron chi connectivity index (χ1n) is 5.36. The van der Waals surface area contributed by atoms with Gasteiger partial charge in [-0.15, -0.1) is 0 Å². The summed E-state index contributed by atoms with van der Waals surface area (Å²) >= 11 is 5.96. The number of nitro benzene ring substituents is 1. The predicted octanol–water partition coefficient (Wildman–Crippen LogP) is 4.49. The Kier molecular flexibility index (Phi) is 3.66. The van der Waals surface area contributed by atoms with Crippen LogP contribution in [0.3, 0.4) is 0 Å². The molecule has 0 spiro atoms. The molecule has 0 aromatic heterocycles. The van der Waals surface area contributed by atoms with E-state index >= 15 is 0 Å². The van der Waals surface area contributed by atoms with Crippen molar-refractivity contribution in [3.63, 3.8) is 0 Å². The van der Waals surface area contributed by atoms with Crippen LogP contribution in [0, 0.1) is 22.9 Å². The lowest BCUT2D eigenvalue weighted by Gasteiger charge is -2.08. The molecule has 2 rings (SSSR count). The molecule has 0 aliphatic heterocycles. The van der Waals surface area contributed by atoms with Gasteiger partial charge in [0, 0.05) is 0 Å². The molecule has 19 heavy (non-hydrogen) atoms. The highest BCUT2D eigenvalue weighted by molar-refractivity contribution is 6.32. The lowest BCUT2D eigenvalue weighted by Crippen LogP contribution is -1.96. The van der Waals surface area contributed by atoms with Gasteiger partial charge in [-0.2, -0.15) is 4.39 Å². The van der Waals surface area contributed by atoms with Crippen molar-refractivity contribution in [2.24, 2.45) is 0 Å². The van der Waals surface area contributed by atoms with E-state index in [1.54, 1.807) is 18.2 Å². The van der Waals surface area contributed by atoms with Crippen molar-refractivity contribution in [1.82, 2.24) is 0 Å². The van der Waals surface area contributed by atoms with E-state index in [2.05, 4.69) is 0 Å². The van der Waals surface area contributed by atoms with E-state index in [4.69, 9.17) is 16.3 Å². The van der Waals surface area contributed by atoms with Gasteiger partial charge < -0.3 is 4.74 Å². The van der Waals surface area contributed by atoms with Crippen molar-refractivity contribution < 1.29 is 14.1 Å². The molecule has 0 aliphatic rings. The molecule has 0 heterocycles. The zero-order valence-electron chi connectivity index (χ0n) is 9.89. The molecular weight excluding hydrogens is 273 g/mol. The minimum Gasteiger partial charge on any atom is -0.448 e. The topological polar surface area (TPSA) is 52.4 Å². The molecule has 0 radical (unpaired) electrons. The highest BCUT2D eigenvalue weighted by Gasteiger charge is 2.22. The molecule has 0 aliphatic carbocycles. The Labute approximate surface area is 113 Å². The van der Waals surface area contributed by atoms with Crippen LogP contribution < -0.4 is 4.74 Å². The summed E-state index contributed by atoms with van der Waals surface area (Å²) in [7, 11) is 0. The van der Waals surface area contributed by atoms with E-state index in [9.17, 15) is 14.5 Å². The van der Waals surface area contributed by atoms with Gasteiger partial charge in [0.05, 0.1) is 9.95 Å². The second-order valence-electron chi connectivity index (χ2n) is 3.88. The third-order valence-electron chi connectivity index (χ3n) is 2.44. The molecule has 0 N–H and O–H groups in total. The van der Waals surface area contributed by atoms with Crippen LogP contribution in [0.2, 0.25) is 5.02 Å². The molecule has 0 saturated carbocycles. The van der Waals surface area contributed by atoms with Crippen molar-refractivity contribution in [2.45, 2.75) is 6.92 Å². The maximum absolute atomic E-state index is 13.4. The fraction of sp³-hybridized carbons (Fsp3) is 0.0769. The van der Waals surface area contributed by atoms with E-state index < -0.39 is 16.4 Å². The standard InChI is InChI=1S/C13H9ClFNO3/c1-8-5-6-11(9(14)7-8)19-12-4-2-3-10(15)13(12)16(17)18/h2-7H,1H3. The van der Waals surface area contributed by atoms with Crippen molar-refractivity contribution in [1.29, 1.82) is 0 Å². The molecule has 0 saturated heterocycles. The Morgan fingerprint density at radius 3 is 2.63 bits per heavy atom. The first-order valence-corrected chi connectivity index (χ1v) is 5.73. The van der Waals surface area contributed by atoms with Crippen LogP contribution in [0.4, 0.5) is 10.1 Å². The van der Waals surface area contributed by atoms with Crippen LogP contribution in [0.5, 0.6) is 11.5 Å². The summed E-state index contributed by atoms with van der Waals surface area (Å²) in [6.45, 7) is 1.85. The number of halogens is 2. The maximum Gasteiger partial charge on any atom is 0.346 e. The van der Waals surface area contributed by atoms with Crippen molar-refractivity contribution >= 4 is 17.3 Å². The minimum atomic E-state index is -0.953. The molecule has 0 atom stereocenters. The van der Waals surface area contributed by atoms with Crippen LogP contribution in [-0.2, 0) is 0 Å². The zero-order valence-corrected chi connectivity index (χ0v) is 10.6. The van der Waals surface area contributed by atoms with E-state index in [1.165, 1.54) is 12.1 Å². The number of hydrogen-bond acceptors (Lipinski definition) is 3. The number of rotatable bonds is 3. The van der Waals surface area contributed by atoms with E-state index in [0.29, 0.717) is 5.02 Å². The first-order chi connectivity index (χ1) is 8.99. The quantitative estimate of drug-likeness (QED) is 0.615. The molecule has 6 heteroatoms. The molecule has 2 aromatic carbocycles. The van der Waals surface area contributed by atoms with Crippen LogP contribution >= 0.6 is 11.6 Å². The van der Waals surface area contributed by atoms with Crippen LogP contribution in [0.1, 0.15) is 5.56 Å². The van der Waals surface area contributed by atoms with Gasteiger partial charge in [-0.3, -0.25) is 10.1 Å². The van der Waals surface area contributed by atoms with Gasteiger partial charge >= 0.3 is 5.69 Å². The van der Waals surface area contributed by atoms with Crippen LogP contribution in [0.25, 0.3) is 0 Å². The lowest BCUT2D eigenvalue weighted by atomic mass is 10.2. The fourth-order valence-electron chi connectivity index (χ4n) is 1.56. The molecule has 98 valence electrons. The monoisotopic (exact) mass is 281 g/mol. The molecule has 0 unspecified atom stereocenters. The minimum absolute atomic E-state index is 0.184. The van der Waals surface area contributed by atoms with Gasteiger partial charge in [0.15, 0.2) is 0 Å². The molecular formula is C13H9ClFNO3. The van der Waals surface area contributed by atoms with Crippen LogP contribution in [-0.4, -0.2) is 4.92 Å². The number of nitro groups is 1. The number of para-hydroxylation sites is 1. The number of aryl methyl sites for hydroxylation is 1. The van der Waals surface area contributed by atoms with Gasteiger partial charge in [0.2, 0.25) is 11.6 Å². The third kappa shape index (κ3) is 2.82. The Bertz CT molecular complexity index is 646. The van der Waals surface area contributed by atoms with Gasteiger partial charge in [-0.25, -0.2) is 0 Å². The normalized spacial score (nSPS) is 10.3. The second kappa shape index (κ2) is 5.24. The molecule has 4 nitrogen and oxygen atoms in total. The summed E-state index contributed by atoms with van der Waals surface area (Å²) in [5, 5.41) is 11.1. The summed E-state index contributed by atoms with van der Waals surface area (Å²) in [4.78, 5) is 10.00. The van der Waals surface area contributed by atoms with Crippen molar-refractivity contribution in [2.75, 3.05) is 0 Å². The summed E-state index contributed by atoms with van der Waals surface area (Å²) in [5.41, 5.74) is 0.213. The lowest BCUT2D eigenvalue weighted by molar-refractivity contribution is -0.388. The van der Waals surface area contributed by atoms with Crippen molar-refractivity contribution in [3.05, 3.63) is 62.9 Å². The van der Waals surface area contributed by atoms with Gasteiger partial charge in [0.25, 0.3) is 0 Å². The summed E-state index contributed by atoms with van der Waals surface area (Å²) in [6, 6.07) is 8.62. The highest BCUT2D eigenvalue weighted by Crippen LogP contribution is 2.36. The number of hydrogen-bond donors (Lipinski definition) is 0. The average Bonchev–Trinajstić information content (AvgIpc) is 2.32. The highest BCUT2D eigenvalue weighted by atomic mass is 35.5. The largest absolute Gasteiger partial charge is 0.448 e. The Morgan fingerprint density at radius 1 is 1.26 bits per heavy atom. The van der Waals surface area contributed by atoms with Crippen LogP contribution in [0.15, 0.2) is 36.4 Å². The van der Waals surface area contributed by atoms with E-state index in [0.717, 1.165) is 11.6 Å². The fourth-order valence-corrected chi connectivity index (χ4v) is 1.84. The smallest absolute Gasteiger partial charge is 0.346 e. The number of benzene rings is 2.